The van der Waals surface area contributed by atoms with E-state index < -0.39 is 18.2 Å². The molecular weight excluding hydrogens is 304 g/mol. The smallest absolute Gasteiger partial charge is 0.303 e. The van der Waals surface area contributed by atoms with Gasteiger partial charge in [0.2, 0.25) is 0 Å². The van der Waals surface area contributed by atoms with Crippen molar-refractivity contribution in [3.8, 4) is 0 Å². The Labute approximate surface area is 145 Å². The van der Waals surface area contributed by atoms with Crippen LogP contribution in [0.25, 0.3) is 0 Å². The number of unbranched alkanes of at least 4 members (excludes halogenated alkanes) is 1. The third-order valence-corrected chi connectivity index (χ3v) is 3.23. The summed E-state index contributed by atoms with van der Waals surface area (Å²) in [4.78, 5) is 10.3. The van der Waals surface area contributed by atoms with Crippen LogP contribution in [0.1, 0.15) is 45.4 Å². The van der Waals surface area contributed by atoms with Crippen LogP contribution in [0.2, 0.25) is 0 Å². The van der Waals surface area contributed by atoms with Crippen LogP contribution in [0.4, 0.5) is 0 Å². The lowest BCUT2D eigenvalue weighted by molar-refractivity contribution is -0.137. The van der Waals surface area contributed by atoms with Crippen molar-refractivity contribution in [2.75, 3.05) is 0 Å². The molecule has 0 heterocycles. The molecular formula is C20H30O4. The largest absolute Gasteiger partial charge is 0.481 e. The van der Waals surface area contributed by atoms with E-state index in [2.05, 4.69) is 12.2 Å². The van der Waals surface area contributed by atoms with Gasteiger partial charge >= 0.3 is 5.97 Å². The second-order valence-electron chi connectivity index (χ2n) is 5.36. The monoisotopic (exact) mass is 334 g/mol. The molecule has 0 radical (unpaired) electrons. The van der Waals surface area contributed by atoms with Crippen LogP contribution in [0.15, 0.2) is 60.8 Å². The van der Waals surface area contributed by atoms with Gasteiger partial charge in [-0.15, -0.1) is 0 Å². The van der Waals surface area contributed by atoms with Crippen molar-refractivity contribution in [3.63, 3.8) is 0 Å². The fourth-order valence-corrected chi connectivity index (χ4v) is 1.77. The molecule has 0 aromatic rings. The molecule has 0 saturated heterocycles. The average Bonchev–Trinajstić information content (AvgIpc) is 2.57. The van der Waals surface area contributed by atoms with E-state index in [1.165, 1.54) is 0 Å². The third kappa shape index (κ3) is 15.0. The summed E-state index contributed by atoms with van der Waals surface area (Å²) in [6.07, 6.45) is 21.6. The molecule has 0 bridgehead atoms. The van der Waals surface area contributed by atoms with Crippen molar-refractivity contribution in [1.82, 2.24) is 0 Å². The molecule has 0 amide bonds. The van der Waals surface area contributed by atoms with Crippen LogP contribution in [0, 0.1) is 0 Å². The second kappa shape index (κ2) is 16.0. The number of rotatable bonds is 13. The van der Waals surface area contributed by atoms with Gasteiger partial charge < -0.3 is 15.3 Å². The molecule has 134 valence electrons. The van der Waals surface area contributed by atoms with Crippen LogP contribution >= 0.6 is 0 Å². The van der Waals surface area contributed by atoms with E-state index in [1.807, 2.05) is 43.4 Å². The summed E-state index contributed by atoms with van der Waals surface area (Å²) < 4.78 is 0. The van der Waals surface area contributed by atoms with Gasteiger partial charge in [0, 0.05) is 6.42 Å². The standard InChI is InChI=1S/C20H30O4/c1-2-18(21)19(22)16-14-12-10-8-6-4-3-5-7-9-11-13-15-17-20(23)24/h3,5-6,8-12,14,16,18-19,21-22H,2,4,7,13,15,17H2,1H3,(H,23,24)/b5-3-,8-6-,11-9-,12-10+,16-14+/t18-,19+/m0/s1. The first kappa shape index (κ1) is 22.1. The maximum Gasteiger partial charge on any atom is 0.303 e. The number of hydrogen-bond donors (Lipinski definition) is 3. The first-order valence-corrected chi connectivity index (χ1v) is 8.45. The van der Waals surface area contributed by atoms with E-state index >= 15 is 0 Å². The number of aliphatic hydroxyl groups is 2. The summed E-state index contributed by atoms with van der Waals surface area (Å²) in [5.41, 5.74) is 0. The molecule has 4 heteroatoms. The minimum absolute atomic E-state index is 0.228. The maximum absolute atomic E-state index is 10.3. The molecule has 0 aliphatic rings. The van der Waals surface area contributed by atoms with Crippen molar-refractivity contribution in [1.29, 1.82) is 0 Å². The van der Waals surface area contributed by atoms with Crippen LogP contribution in [0.3, 0.4) is 0 Å². The predicted octanol–water partition coefficient (Wildman–Crippen LogP) is 3.93. The third-order valence-electron chi connectivity index (χ3n) is 3.23. The Bertz CT molecular complexity index is 458. The highest BCUT2D eigenvalue weighted by Crippen LogP contribution is 2.00. The van der Waals surface area contributed by atoms with Crippen LogP contribution in [-0.2, 0) is 4.79 Å². The molecule has 0 fully saturated rings. The summed E-state index contributed by atoms with van der Waals surface area (Å²) >= 11 is 0. The summed E-state index contributed by atoms with van der Waals surface area (Å²) in [7, 11) is 0. The molecule has 0 rings (SSSR count). The zero-order valence-corrected chi connectivity index (χ0v) is 14.4. The van der Waals surface area contributed by atoms with E-state index in [0.717, 1.165) is 19.3 Å². The molecule has 2 atom stereocenters. The number of aliphatic hydroxyl groups excluding tert-OH is 2. The van der Waals surface area contributed by atoms with Gasteiger partial charge in [0.05, 0.1) is 12.2 Å². The van der Waals surface area contributed by atoms with Gasteiger partial charge in [-0.3, -0.25) is 4.79 Å². The predicted molar refractivity (Wildman–Crippen MR) is 98.7 cm³/mol. The van der Waals surface area contributed by atoms with Crippen molar-refractivity contribution in [2.45, 2.75) is 57.7 Å². The first-order valence-electron chi connectivity index (χ1n) is 8.45. The van der Waals surface area contributed by atoms with Gasteiger partial charge in [-0.05, 0) is 32.1 Å². The van der Waals surface area contributed by atoms with Crippen molar-refractivity contribution in [3.05, 3.63) is 60.8 Å². The molecule has 0 unspecified atom stereocenters. The van der Waals surface area contributed by atoms with Crippen LogP contribution < -0.4 is 0 Å². The first-order chi connectivity index (χ1) is 11.6. The molecule has 0 saturated carbocycles. The van der Waals surface area contributed by atoms with Crippen molar-refractivity contribution >= 4 is 5.97 Å². The lowest BCUT2D eigenvalue weighted by atomic mass is 10.1. The van der Waals surface area contributed by atoms with Gasteiger partial charge in [-0.1, -0.05) is 67.7 Å². The quantitative estimate of drug-likeness (QED) is 0.271. The Hall–Kier alpha value is -1.91. The minimum Gasteiger partial charge on any atom is -0.481 e. The number of carboxylic acid groups (broad SMARTS) is 1. The molecule has 24 heavy (non-hydrogen) atoms. The average molecular weight is 334 g/mol. The van der Waals surface area contributed by atoms with Crippen molar-refractivity contribution in [2.24, 2.45) is 0 Å². The molecule has 0 aliphatic carbocycles. The number of aliphatic carboxylic acids is 1. The summed E-state index contributed by atoms with van der Waals surface area (Å²) in [5.74, 6) is -0.741. The fraction of sp³-hybridized carbons (Fsp3) is 0.450. The lowest BCUT2D eigenvalue weighted by Crippen LogP contribution is -2.22. The Morgan fingerprint density at radius 1 is 0.917 bits per heavy atom. The van der Waals surface area contributed by atoms with Gasteiger partial charge in [0.25, 0.3) is 0 Å². The maximum atomic E-state index is 10.3. The van der Waals surface area contributed by atoms with E-state index in [0.29, 0.717) is 12.8 Å². The minimum atomic E-state index is -0.816. The van der Waals surface area contributed by atoms with Crippen LogP contribution in [-0.4, -0.2) is 33.5 Å². The summed E-state index contributed by atoms with van der Waals surface area (Å²) in [6.45, 7) is 1.82. The molecule has 0 spiro atoms. The lowest BCUT2D eigenvalue weighted by Gasteiger charge is -2.10. The Balaban J connectivity index is 3.70. The number of hydrogen-bond acceptors (Lipinski definition) is 3. The second-order valence-corrected chi connectivity index (χ2v) is 5.36. The SMILES string of the molecule is CC[C@H](O)[C@H](O)/C=C/C=C/C=C\C/C=C\C/C=C\CCCC(=O)O. The normalized spacial score (nSPS) is 15.5. The highest BCUT2D eigenvalue weighted by molar-refractivity contribution is 5.66. The molecule has 0 aromatic heterocycles. The molecule has 4 nitrogen and oxygen atoms in total. The van der Waals surface area contributed by atoms with E-state index in [4.69, 9.17) is 5.11 Å². The summed E-state index contributed by atoms with van der Waals surface area (Å²) in [5, 5.41) is 27.4. The summed E-state index contributed by atoms with van der Waals surface area (Å²) in [6, 6.07) is 0. The van der Waals surface area contributed by atoms with Crippen molar-refractivity contribution < 1.29 is 20.1 Å². The molecule has 3 N–H and O–H groups in total. The van der Waals surface area contributed by atoms with Gasteiger partial charge in [-0.25, -0.2) is 0 Å². The fourth-order valence-electron chi connectivity index (χ4n) is 1.77. The topological polar surface area (TPSA) is 77.8 Å². The highest BCUT2D eigenvalue weighted by Gasteiger charge is 2.08. The van der Waals surface area contributed by atoms with Gasteiger partial charge in [0.1, 0.15) is 0 Å². The Morgan fingerprint density at radius 2 is 1.54 bits per heavy atom. The van der Waals surface area contributed by atoms with E-state index in [-0.39, 0.29) is 6.42 Å². The zero-order valence-electron chi connectivity index (χ0n) is 14.4. The zero-order chi connectivity index (χ0) is 18.0. The van der Waals surface area contributed by atoms with E-state index in [9.17, 15) is 15.0 Å². The van der Waals surface area contributed by atoms with Gasteiger partial charge in [0.15, 0.2) is 0 Å². The molecule has 0 aromatic carbocycles. The number of carbonyl (C=O) groups is 1. The molecule has 0 aliphatic heterocycles. The number of allylic oxidation sites excluding steroid dienone is 9. The van der Waals surface area contributed by atoms with Crippen LogP contribution in [0.5, 0.6) is 0 Å². The van der Waals surface area contributed by atoms with Gasteiger partial charge in [-0.2, -0.15) is 0 Å². The highest BCUT2D eigenvalue weighted by atomic mass is 16.4. The number of carboxylic acids is 1. The Morgan fingerprint density at radius 3 is 2.21 bits per heavy atom. The van der Waals surface area contributed by atoms with E-state index in [1.54, 1.807) is 12.2 Å². The Kier molecular flexibility index (Phi) is 14.7.